The van der Waals surface area contributed by atoms with E-state index in [-0.39, 0.29) is 5.91 Å². The van der Waals surface area contributed by atoms with Crippen LogP contribution in [0, 0.1) is 6.92 Å². The molecule has 134 valence electrons. The average molecular weight is 361 g/mol. The first-order valence-electron chi connectivity index (χ1n) is 8.24. The van der Waals surface area contributed by atoms with E-state index in [1.807, 2.05) is 36.4 Å². The van der Waals surface area contributed by atoms with Gasteiger partial charge in [-0.3, -0.25) is 9.78 Å². The number of carbonyl (C=O) groups excluding carboxylic acids is 1. The van der Waals surface area contributed by atoms with Crippen molar-refractivity contribution in [2.24, 2.45) is 0 Å². The van der Waals surface area contributed by atoms with Gasteiger partial charge in [-0.2, -0.15) is 4.98 Å². The molecule has 4 rings (SSSR count). The molecule has 0 saturated carbocycles. The van der Waals surface area contributed by atoms with Crippen LogP contribution in [-0.4, -0.2) is 26.2 Å². The first-order valence-corrected chi connectivity index (χ1v) is 8.24. The second kappa shape index (κ2) is 7.20. The highest BCUT2D eigenvalue weighted by Gasteiger charge is 2.16. The van der Waals surface area contributed by atoms with E-state index >= 15 is 0 Å². The van der Waals surface area contributed by atoms with Gasteiger partial charge in [0, 0.05) is 23.6 Å². The number of para-hydroxylation sites is 1. The Balaban J connectivity index is 1.54. The monoisotopic (exact) mass is 361 g/mol. The Morgan fingerprint density at radius 1 is 1.11 bits per heavy atom. The number of benzene rings is 1. The lowest BCUT2D eigenvalue weighted by Gasteiger charge is -2.09. The minimum absolute atomic E-state index is 0.288. The van der Waals surface area contributed by atoms with Gasteiger partial charge in [-0.25, -0.2) is 0 Å². The molecule has 1 aromatic carbocycles. The van der Waals surface area contributed by atoms with Crippen LogP contribution in [0.4, 0.5) is 5.69 Å². The molecule has 0 aliphatic carbocycles. The molecule has 0 spiro atoms. The summed E-state index contributed by atoms with van der Waals surface area (Å²) in [4.78, 5) is 20.8. The smallest absolute Gasteiger partial charge is 0.260 e. The van der Waals surface area contributed by atoms with E-state index in [9.17, 15) is 4.79 Å². The van der Waals surface area contributed by atoms with Crippen molar-refractivity contribution in [3.05, 3.63) is 77.8 Å². The largest absolute Gasteiger partial charge is 0.361 e. The molecule has 0 fully saturated rings. The second-order valence-electron chi connectivity index (χ2n) is 5.83. The van der Waals surface area contributed by atoms with E-state index < -0.39 is 0 Å². The third-order valence-corrected chi connectivity index (χ3v) is 4.01. The number of pyridine rings is 1. The van der Waals surface area contributed by atoms with E-state index in [4.69, 9.17) is 9.05 Å². The molecule has 8 nitrogen and oxygen atoms in total. The molecule has 0 aliphatic heterocycles. The highest BCUT2D eigenvalue weighted by molar-refractivity contribution is 6.05. The molecular formula is C19H15N5O3. The summed E-state index contributed by atoms with van der Waals surface area (Å²) in [5.41, 5.74) is 2.73. The third-order valence-electron chi connectivity index (χ3n) is 4.01. The van der Waals surface area contributed by atoms with Crippen molar-refractivity contribution < 1.29 is 13.8 Å². The molecule has 0 saturated heterocycles. The molecule has 0 atom stereocenters. The van der Waals surface area contributed by atoms with Gasteiger partial charge in [-0.1, -0.05) is 28.5 Å². The molecule has 1 amide bonds. The van der Waals surface area contributed by atoms with E-state index in [1.165, 1.54) is 6.20 Å². The van der Waals surface area contributed by atoms with Crippen LogP contribution in [0.1, 0.15) is 27.6 Å². The topological polar surface area (TPSA) is 107 Å². The van der Waals surface area contributed by atoms with Crippen molar-refractivity contribution in [1.29, 1.82) is 0 Å². The molecule has 3 aromatic heterocycles. The maximum atomic E-state index is 12.4. The Morgan fingerprint density at radius 2 is 1.93 bits per heavy atom. The predicted molar refractivity (Wildman–Crippen MR) is 96.0 cm³/mol. The first kappa shape index (κ1) is 16.6. The van der Waals surface area contributed by atoms with Crippen LogP contribution in [0.15, 0.2) is 64.0 Å². The molecule has 0 radical (unpaired) electrons. The zero-order valence-electron chi connectivity index (χ0n) is 14.4. The zero-order chi connectivity index (χ0) is 18.6. The van der Waals surface area contributed by atoms with E-state index in [0.29, 0.717) is 35.1 Å². The van der Waals surface area contributed by atoms with Gasteiger partial charge >= 0.3 is 0 Å². The lowest BCUT2D eigenvalue weighted by atomic mass is 10.1. The van der Waals surface area contributed by atoms with Crippen LogP contribution in [0.3, 0.4) is 0 Å². The van der Waals surface area contributed by atoms with Crippen molar-refractivity contribution in [3.8, 4) is 11.4 Å². The Morgan fingerprint density at radius 3 is 2.70 bits per heavy atom. The summed E-state index contributed by atoms with van der Waals surface area (Å²) in [5, 5.41) is 10.5. The first-order chi connectivity index (χ1) is 13.2. The maximum Gasteiger partial charge on any atom is 0.260 e. The Bertz CT molecular complexity index is 1070. The highest BCUT2D eigenvalue weighted by Crippen LogP contribution is 2.21. The van der Waals surface area contributed by atoms with Crippen LogP contribution >= 0.6 is 0 Å². The minimum Gasteiger partial charge on any atom is -0.361 e. The van der Waals surface area contributed by atoms with Gasteiger partial charge < -0.3 is 14.4 Å². The second-order valence-corrected chi connectivity index (χ2v) is 5.83. The Hall–Kier alpha value is -3.81. The van der Waals surface area contributed by atoms with Gasteiger partial charge in [0.2, 0.25) is 11.7 Å². The fraction of sp³-hybridized carbons (Fsp3) is 0.105. The van der Waals surface area contributed by atoms with E-state index in [2.05, 4.69) is 25.6 Å². The number of hydrogen-bond donors (Lipinski definition) is 1. The molecular weight excluding hydrogens is 346 g/mol. The number of anilines is 1. The van der Waals surface area contributed by atoms with E-state index in [1.54, 1.807) is 19.3 Å². The van der Waals surface area contributed by atoms with Crippen molar-refractivity contribution in [1.82, 2.24) is 20.3 Å². The minimum atomic E-state index is -0.288. The maximum absolute atomic E-state index is 12.4. The summed E-state index contributed by atoms with van der Waals surface area (Å²) in [6.07, 6.45) is 5.12. The van der Waals surface area contributed by atoms with Gasteiger partial charge in [0.25, 0.3) is 5.91 Å². The van der Waals surface area contributed by atoms with Crippen LogP contribution in [-0.2, 0) is 6.42 Å². The number of aryl methyl sites for hydroxylation is 1. The highest BCUT2D eigenvalue weighted by atomic mass is 16.5. The number of nitrogens with zero attached hydrogens (tertiary/aromatic N) is 4. The molecule has 27 heavy (non-hydrogen) atoms. The molecule has 8 heteroatoms. The summed E-state index contributed by atoms with van der Waals surface area (Å²) in [5.74, 6) is 1.12. The van der Waals surface area contributed by atoms with Gasteiger partial charge in [-0.05, 0) is 30.7 Å². The summed E-state index contributed by atoms with van der Waals surface area (Å²) < 4.78 is 10.3. The van der Waals surface area contributed by atoms with Crippen LogP contribution in [0.2, 0.25) is 0 Å². The van der Waals surface area contributed by atoms with Gasteiger partial charge in [0.1, 0.15) is 11.3 Å². The van der Waals surface area contributed by atoms with Crippen molar-refractivity contribution in [3.63, 3.8) is 0 Å². The van der Waals surface area contributed by atoms with Crippen molar-refractivity contribution >= 4 is 11.6 Å². The summed E-state index contributed by atoms with van der Waals surface area (Å²) in [6, 6.07) is 11.1. The fourth-order valence-electron chi connectivity index (χ4n) is 2.61. The molecule has 0 bridgehead atoms. The number of hydrogen-bond acceptors (Lipinski definition) is 7. The third kappa shape index (κ3) is 3.59. The summed E-state index contributed by atoms with van der Waals surface area (Å²) >= 11 is 0. The number of nitrogens with one attached hydrogen (secondary N) is 1. The number of carbonyl (C=O) groups is 1. The number of rotatable bonds is 5. The lowest BCUT2D eigenvalue weighted by molar-refractivity contribution is 0.102. The number of amides is 1. The fourth-order valence-corrected chi connectivity index (χ4v) is 2.61. The Labute approximate surface area is 154 Å². The van der Waals surface area contributed by atoms with Crippen LogP contribution in [0.5, 0.6) is 0 Å². The normalized spacial score (nSPS) is 10.7. The standard InChI is InChI=1S/C19H15N5O3/c1-12-15(11-21-26-12)19(25)22-16-5-3-2-4-14(16)10-17-23-18(24-27-17)13-6-8-20-9-7-13/h2-9,11H,10H2,1H3,(H,22,25). The van der Waals surface area contributed by atoms with Gasteiger partial charge in [-0.15, -0.1) is 0 Å². The quantitative estimate of drug-likeness (QED) is 0.581. The number of aromatic nitrogens is 4. The Kier molecular flexibility index (Phi) is 4.44. The van der Waals surface area contributed by atoms with Gasteiger partial charge in [0.05, 0.1) is 12.6 Å². The van der Waals surface area contributed by atoms with Gasteiger partial charge in [0.15, 0.2) is 0 Å². The molecule has 0 unspecified atom stereocenters. The van der Waals surface area contributed by atoms with Crippen LogP contribution in [0.25, 0.3) is 11.4 Å². The van der Waals surface area contributed by atoms with Crippen LogP contribution < -0.4 is 5.32 Å². The predicted octanol–water partition coefficient (Wildman–Crippen LogP) is 3.27. The molecule has 1 N–H and O–H groups in total. The molecule has 4 aromatic rings. The summed E-state index contributed by atoms with van der Waals surface area (Å²) in [7, 11) is 0. The average Bonchev–Trinajstić information content (AvgIpc) is 3.33. The van der Waals surface area contributed by atoms with Crippen molar-refractivity contribution in [2.75, 3.05) is 5.32 Å². The van der Waals surface area contributed by atoms with E-state index in [0.717, 1.165) is 11.1 Å². The SMILES string of the molecule is Cc1oncc1C(=O)Nc1ccccc1Cc1nc(-c2ccncc2)no1. The van der Waals surface area contributed by atoms with Crippen molar-refractivity contribution in [2.45, 2.75) is 13.3 Å². The molecule has 3 heterocycles. The zero-order valence-corrected chi connectivity index (χ0v) is 14.4. The molecule has 0 aliphatic rings. The summed E-state index contributed by atoms with van der Waals surface area (Å²) in [6.45, 7) is 1.69. The lowest BCUT2D eigenvalue weighted by Crippen LogP contribution is -2.13.